The zero-order chi connectivity index (χ0) is 12.3. The average Bonchev–Trinajstić information content (AvgIpc) is 2.76. The second kappa shape index (κ2) is 5.15. The Kier molecular flexibility index (Phi) is 3.60. The first-order valence-electron chi connectivity index (χ1n) is 5.98. The fraction of sp³-hybridized carbons (Fsp3) is 0.538. The molecule has 2 heterocycles. The molecule has 1 aliphatic rings. The molecule has 0 spiro atoms. The summed E-state index contributed by atoms with van der Waals surface area (Å²) in [7, 11) is 4.21. The summed E-state index contributed by atoms with van der Waals surface area (Å²) >= 11 is 0. The van der Waals surface area contributed by atoms with Crippen molar-refractivity contribution in [1.29, 1.82) is 5.26 Å². The third-order valence-corrected chi connectivity index (χ3v) is 3.15. The van der Waals surface area contributed by atoms with Crippen molar-refractivity contribution in [2.24, 2.45) is 0 Å². The van der Waals surface area contributed by atoms with Gasteiger partial charge >= 0.3 is 0 Å². The lowest BCUT2D eigenvalue weighted by molar-refractivity contribution is 0.372. The highest BCUT2D eigenvalue weighted by Crippen LogP contribution is 2.25. The Morgan fingerprint density at radius 2 is 2.35 bits per heavy atom. The number of rotatable bonds is 3. The van der Waals surface area contributed by atoms with Crippen LogP contribution in [0.25, 0.3) is 0 Å². The minimum absolute atomic E-state index is 0.483. The number of nitriles is 1. The van der Waals surface area contributed by atoms with Crippen LogP contribution in [0, 0.1) is 11.3 Å². The molecule has 17 heavy (non-hydrogen) atoms. The zero-order valence-electron chi connectivity index (χ0n) is 10.4. The molecule has 0 radical (unpaired) electrons. The van der Waals surface area contributed by atoms with Gasteiger partial charge in [0.2, 0.25) is 0 Å². The van der Waals surface area contributed by atoms with Gasteiger partial charge in [0.15, 0.2) is 0 Å². The van der Waals surface area contributed by atoms with E-state index in [4.69, 9.17) is 5.26 Å². The quantitative estimate of drug-likeness (QED) is 0.789. The standard InChI is InChI=1S/C13H18N4/c1-16(2)10-13-4-3-7-17(13)12-6-5-11(8-14)15-9-12/h5-6,9,13H,3-4,7,10H2,1-2H3. The molecule has 1 aromatic rings. The molecule has 4 nitrogen and oxygen atoms in total. The van der Waals surface area contributed by atoms with Gasteiger partial charge in [-0.05, 0) is 39.1 Å². The van der Waals surface area contributed by atoms with Crippen molar-refractivity contribution in [3.63, 3.8) is 0 Å². The second-order valence-electron chi connectivity index (χ2n) is 4.77. The molecule has 0 N–H and O–H groups in total. The van der Waals surface area contributed by atoms with Crippen LogP contribution in [0.15, 0.2) is 18.3 Å². The highest BCUT2D eigenvalue weighted by atomic mass is 15.2. The van der Waals surface area contributed by atoms with Gasteiger partial charge < -0.3 is 9.80 Å². The number of likely N-dealkylation sites (N-methyl/N-ethyl adjacent to an activating group) is 1. The van der Waals surface area contributed by atoms with Crippen molar-refractivity contribution in [2.75, 3.05) is 32.1 Å². The van der Waals surface area contributed by atoms with Gasteiger partial charge in [-0.2, -0.15) is 5.26 Å². The number of aromatic nitrogens is 1. The summed E-state index contributed by atoms with van der Waals surface area (Å²) in [5, 5.41) is 8.73. The second-order valence-corrected chi connectivity index (χ2v) is 4.77. The van der Waals surface area contributed by atoms with Gasteiger partial charge in [-0.15, -0.1) is 0 Å². The average molecular weight is 230 g/mol. The van der Waals surface area contributed by atoms with E-state index in [9.17, 15) is 0 Å². The topological polar surface area (TPSA) is 43.2 Å². The smallest absolute Gasteiger partial charge is 0.140 e. The van der Waals surface area contributed by atoms with Crippen LogP contribution in [-0.4, -0.2) is 43.1 Å². The van der Waals surface area contributed by atoms with Crippen molar-refractivity contribution in [2.45, 2.75) is 18.9 Å². The van der Waals surface area contributed by atoms with Gasteiger partial charge in [-0.25, -0.2) is 4.98 Å². The molecule has 1 fully saturated rings. The van der Waals surface area contributed by atoms with E-state index in [1.54, 1.807) is 6.07 Å². The van der Waals surface area contributed by atoms with Crippen LogP contribution in [0.1, 0.15) is 18.5 Å². The van der Waals surface area contributed by atoms with E-state index in [0.29, 0.717) is 11.7 Å². The lowest BCUT2D eigenvalue weighted by Gasteiger charge is -2.28. The Morgan fingerprint density at radius 1 is 1.53 bits per heavy atom. The molecule has 0 bridgehead atoms. The van der Waals surface area contributed by atoms with Crippen LogP contribution in [0.5, 0.6) is 0 Å². The van der Waals surface area contributed by atoms with Crippen LogP contribution in [0.4, 0.5) is 5.69 Å². The summed E-state index contributed by atoms with van der Waals surface area (Å²) in [4.78, 5) is 8.76. The van der Waals surface area contributed by atoms with Crippen molar-refractivity contribution in [1.82, 2.24) is 9.88 Å². The Hall–Kier alpha value is -1.60. The Bertz CT molecular complexity index is 404. The minimum Gasteiger partial charge on any atom is -0.366 e. The molecule has 2 rings (SSSR count). The van der Waals surface area contributed by atoms with Gasteiger partial charge in [0.1, 0.15) is 11.8 Å². The SMILES string of the molecule is CN(C)CC1CCCN1c1ccc(C#N)nc1. The molecule has 1 aliphatic heterocycles. The lowest BCUT2D eigenvalue weighted by atomic mass is 10.2. The molecular formula is C13H18N4. The van der Waals surface area contributed by atoms with Crippen molar-refractivity contribution in [3.05, 3.63) is 24.0 Å². The largest absolute Gasteiger partial charge is 0.366 e. The van der Waals surface area contributed by atoms with Crippen molar-refractivity contribution in [3.8, 4) is 6.07 Å². The summed E-state index contributed by atoms with van der Waals surface area (Å²) in [6.45, 7) is 2.16. The zero-order valence-corrected chi connectivity index (χ0v) is 10.4. The maximum absolute atomic E-state index is 8.73. The van der Waals surface area contributed by atoms with Crippen LogP contribution < -0.4 is 4.90 Å². The van der Waals surface area contributed by atoms with E-state index in [-0.39, 0.29) is 0 Å². The number of nitrogens with zero attached hydrogens (tertiary/aromatic N) is 4. The van der Waals surface area contributed by atoms with E-state index in [1.165, 1.54) is 12.8 Å². The molecule has 1 unspecified atom stereocenters. The number of pyridine rings is 1. The summed E-state index contributed by atoms with van der Waals surface area (Å²) in [6, 6.07) is 6.41. The van der Waals surface area contributed by atoms with Crippen LogP contribution in [0.3, 0.4) is 0 Å². The van der Waals surface area contributed by atoms with E-state index < -0.39 is 0 Å². The van der Waals surface area contributed by atoms with E-state index in [0.717, 1.165) is 18.8 Å². The summed E-state index contributed by atoms with van der Waals surface area (Å²) in [5.74, 6) is 0. The van der Waals surface area contributed by atoms with E-state index in [1.807, 2.05) is 12.3 Å². The van der Waals surface area contributed by atoms with Gasteiger partial charge in [0, 0.05) is 19.1 Å². The van der Waals surface area contributed by atoms with Crippen LogP contribution in [-0.2, 0) is 0 Å². The third kappa shape index (κ3) is 2.75. The lowest BCUT2D eigenvalue weighted by Crippen LogP contribution is -2.37. The molecule has 1 saturated heterocycles. The first-order chi connectivity index (χ1) is 8.20. The van der Waals surface area contributed by atoms with Crippen LogP contribution in [0.2, 0.25) is 0 Å². The van der Waals surface area contributed by atoms with Gasteiger partial charge in [-0.1, -0.05) is 0 Å². The molecule has 90 valence electrons. The number of anilines is 1. The maximum atomic E-state index is 8.73. The summed E-state index contributed by atoms with van der Waals surface area (Å²) in [6.07, 6.45) is 4.28. The van der Waals surface area contributed by atoms with Crippen LogP contribution >= 0.6 is 0 Å². The van der Waals surface area contributed by atoms with E-state index >= 15 is 0 Å². The normalized spacial score (nSPS) is 19.6. The molecule has 1 aromatic heterocycles. The molecule has 1 atom stereocenters. The van der Waals surface area contributed by atoms with Crippen molar-refractivity contribution >= 4 is 5.69 Å². The highest BCUT2D eigenvalue weighted by Gasteiger charge is 2.25. The Labute approximate surface area is 102 Å². The molecular weight excluding hydrogens is 212 g/mol. The molecule has 4 heteroatoms. The molecule has 0 aliphatic carbocycles. The summed E-state index contributed by atoms with van der Waals surface area (Å²) < 4.78 is 0. The number of hydrogen-bond acceptors (Lipinski definition) is 4. The molecule has 0 amide bonds. The van der Waals surface area contributed by atoms with E-state index in [2.05, 4.69) is 34.9 Å². The first-order valence-corrected chi connectivity index (χ1v) is 5.98. The van der Waals surface area contributed by atoms with Gasteiger partial charge in [0.05, 0.1) is 11.9 Å². The van der Waals surface area contributed by atoms with Gasteiger partial charge in [0.25, 0.3) is 0 Å². The fourth-order valence-electron chi connectivity index (χ4n) is 2.41. The third-order valence-electron chi connectivity index (χ3n) is 3.15. The molecule has 0 saturated carbocycles. The first kappa shape index (κ1) is 11.9. The monoisotopic (exact) mass is 230 g/mol. The maximum Gasteiger partial charge on any atom is 0.140 e. The minimum atomic E-state index is 0.483. The Morgan fingerprint density at radius 3 is 2.94 bits per heavy atom. The highest BCUT2D eigenvalue weighted by molar-refractivity contribution is 5.48. The number of hydrogen-bond donors (Lipinski definition) is 0. The predicted molar refractivity (Wildman–Crippen MR) is 67.9 cm³/mol. The van der Waals surface area contributed by atoms with Crippen molar-refractivity contribution < 1.29 is 0 Å². The summed E-state index contributed by atoms with van der Waals surface area (Å²) in [5.41, 5.74) is 1.62. The molecule has 0 aromatic carbocycles. The Balaban J connectivity index is 2.12. The predicted octanol–water partition coefficient (Wildman–Crippen LogP) is 1.48. The fourth-order valence-corrected chi connectivity index (χ4v) is 2.41. The van der Waals surface area contributed by atoms with Gasteiger partial charge in [-0.3, -0.25) is 0 Å².